The van der Waals surface area contributed by atoms with Crippen LogP contribution >= 0.6 is 0 Å². The summed E-state index contributed by atoms with van der Waals surface area (Å²) >= 11 is 0. The smallest absolute Gasteiger partial charge is 0.162 e. The van der Waals surface area contributed by atoms with Crippen LogP contribution in [0, 0.1) is 5.92 Å². The van der Waals surface area contributed by atoms with Gasteiger partial charge >= 0.3 is 0 Å². The van der Waals surface area contributed by atoms with Crippen molar-refractivity contribution in [3.05, 3.63) is 18.2 Å². The summed E-state index contributed by atoms with van der Waals surface area (Å²) in [4.78, 5) is 0. The molecule has 0 fully saturated rings. The van der Waals surface area contributed by atoms with E-state index in [0.29, 0.717) is 0 Å². The summed E-state index contributed by atoms with van der Waals surface area (Å²) in [7, 11) is 3.30. The van der Waals surface area contributed by atoms with Crippen LogP contribution in [-0.2, 0) is 0 Å². The summed E-state index contributed by atoms with van der Waals surface area (Å²) in [5, 5.41) is 3.39. The first-order valence-electron chi connectivity index (χ1n) is 6.13. The third-order valence-electron chi connectivity index (χ3n) is 2.67. The van der Waals surface area contributed by atoms with E-state index in [1.54, 1.807) is 14.2 Å². The molecule has 0 bridgehead atoms. The van der Waals surface area contributed by atoms with Crippen LogP contribution in [0.25, 0.3) is 0 Å². The first-order chi connectivity index (χ1) is 8.17. The second kappa shape index (κ2) is 7.05. The summed E-state index contributed by atoms with van der Waals surface area (Å²) < 4.78 is 10.5. The van der Waals surface area contributed by atoms with Crippen molar-refractivity contribution in [2.45, 2.75) is 26.7 Å². The molecule has 1 N–H and O–H groups in total. The fraction of sp³-hybridized carbons (Fsp3) is 0.571. The molecule has 0 aliphatic rings. The monoisotopic (exact) mass is 237 g/mol. The Balaban J connectivity index is 2.48. The van der Waals surface area contributed by atoms with Crippen molar-refractivity contribution >= 4 is 5.69 Å². The molecular formula is C14H23NO2. The number of anilines is 1. The van der Waals surface area contributed by atoms with Crippen LogP contribution < -0.4 is 14.8 Å². The number of ether oxygens (including phenoxy) is 2. The second-order valence-electron chi connectivity index (χ2n) is 4.53. The van der Waals surface area contributed by atoms with Crippen molar-refractivity contribution in [1.29, 1.82) is 0 Å². The number of rotatable bonds is 7. The number of hydrogen-bond acceptors (Lipinski definition) is 3. The quantitative estimate of drug-likeness (QED) is 0.736. The van der Waals surface area contributed by atoms with Crippen molar-refractivity contribution in [1.82, 2.24) is 0 Å². The lowest BCUT2D eigenvalue weighted by Gasteiger charge is -2.11. The molecule has 0 aliphatic heterocycles. The minimum Gasteiger partial charge on any atom is -0.493 e. The maximum atomic E-state index is 5.26. The molecular weight excluding hydrogens is 214 g/mol. The Morgan fingerprint density at radius 3 is 2.41 bits per heavy atom. The predicted octanol–water partition coefficient (Wildman–Crippen LogP) is 3.55. The fourth-order valence-electron chi connectivity index (χ4n) is 1.69. The molecule has 0 unspecified atom stereocenters. The number of hydrogen-bond donors (Lipinski definition) is 1. The van der Waals surface area contributed by atoms with Crippen LogP contribution in [0.2, 0.25) is 0 Å². The van der Waals surface area contributed by atoms with E-state index in [1.165, 1.54) is 12.8 Å². The molecule has 0 aliphatic carbocycles. The predicted molar refractivity (Wildman–Crippen MR) is 72.1 cm³/mol. The largest absolute Gasteiger partial charge is 0.493 e. The molecule has 1 aromatic carbocycles. The van der Waals surface area contributed by atoms with Gasteiger partial charge < -0.3 is 14.8 Å². The first-order valence-corrected chi connectivity index (χ1v) is 6.13. The van der Waals surface area contributed by atoms with Crippen LogP contribution in [0.1, 0.15) is 26.7 Å². The molecule has 0 saturated carbocycles. The zero-order chi connectivity index (χ0) is 12.7. The molecule has 0 amide bonds. The molecule has 0 heterocycles. The Morgan fingerprint density at radius 2 is 1.82 bits per heavy atom. The molecule has 3 heteroatoms. The Kier molecular flexibility index (Phi) is 5.67. The lowest BCUT2D eigenvalue weighted by molar-refractivity contribution is 0.355. The van der Waals surface area contributed by atoms with Crippen LogP contribution in [0.15, 0.2) is 18.2 Å². The molecule has 1 aromatic rings. The molecule has 0 aromatic heterocycles. The van der Waals surface area contributed by atoms with Crippen molar-refractivity contribution in [2.75, 3.05) is 26.1 Å². The summed E-state index contributed by atoms with van der Waals surface area (Å²) in [6.45, 7) is 5.49. The van der Waals surface area contributed by atoms with Gasteiger partial charge in [-0.3, -0.25) is 0 Å². The minimum atomic E-state index is 0.764. The summed E-state index contributed by atoms with van der Waals surface area (Å²) in [6, 6.07) is 5.90. The molecule has 0 radical (unpaired) electrons. The summed E-state index contributed by atoms with van der Waals surface area (Å²) in [5.41, 5.74) is 1.08. The van der Waals surface area contributed by atoms with Crippen LogP contribution in [-0.4, -0.2) is 20.8 Å². The first kappa shape index (κ1) is 13.7. The van der Waals surface area contributed by atoms with Crippen LogP contribution in [0.5, 0.6) is 11.5 Å². The van der Waals surface area contributed by atoms with Crippen LogP contribution in [0.4, 0.5) is 5.69 Å². The van der Waals surface area contributed by atoms with Gasteiger partial charge in [0.1, 0.15) is 0 Å². The highest BCUT2D eigenvalue weighted by molar-refractivity contribution is 5.54. The van der Waals surface area contributed by atoms with Gasteiger partial charge in [0.15, 0.2) is 11.5 Å². The van der Waals surface area contributed by atoms with E-state index in [4.69, 9.17) is 9.47 Å². The Hall–Kier alpha value is -1.38. The standard InChI is InChI=1S/C14H23NO2/c1-11(2)6-5-9-15-12-7-8-13(16-3)14(10-12)17-4/h7-8,10-11,15H,5-6,9H2,1-4H3. The van der Waals surface area contributed by atoms with Gasteiger partial charge in [-0.25, -0.2) is 0 Å². The molecule has 3 nitrogen and oxygen atoms in total. The highest BCUT2D eigenvalue weighted by Gasteiger charge is 2.03. The molecule has 17 heavy (non-hydrogen) atoms. The lowest BCUT2D eigenvalue weighted by atomic mass is 10.1. The molecule has 96 valence electrons. The zero-order valence-corrected chi connectivity index (χ0v) is 11.2. The van der Waals surface area contributed by atoms with Gasteiger partial charge in [-0.15, -0.1) is 0 Å². The van der Waals surface area contributed by atoms with Gasteiger partial charge in [-0.05, 0) is 30.9 Å². The maximum absolute atomic E-state index is 5.26. The Bertz CT molecular complexity index is 337. The van der Waals surface area contributed by atoms with E-state index in [-0.39, 0.29) is 0 Å². The highest BCUT2D eigenvalue weighted by Crippen LogP contribution is 2.29. The second-order valence-corrected chi connectivity index (χ2v) is 4.53. The lowest BCUT2D eigenvalue weighted by Crippen LogP contribution is -2.03. The number of methoxy groups -OCH3 is 2. The zero-order valence-electron chi connectivity index (χ0n) is 11.2. The van der Waals surface area contributed by atoms with Crippen molar-refractivity contribution < 1.29 is 9.47 Å². The Morgan fingerprint density at radius 1 is 1.12 bits per heavy atom. The SMILES string of the molecule is COc1ccc(NCCCC(C)C)cc1OC. The average molecular weight is 237 g/mol. The number of benzene rings is 1. The van der Waals surface area contributed by atoms with E-state index < -0.39 is 0 Å². The van der Waals surface area contributed by atoms with Crippen LogP contribution in [0.3, 0.4) is 0 Å². The average Bonchev–Trinajstić information content (AvgIpc) is 2.34. The normalized spacial score (nSPS) is 10.4. The van der Waals surface area contributed by atoms with Gasteiger partial charge in [0.25, 0.3) is 0 Å². The highest BCUT2D eigenvalue weighted by atomic mass is 16.5. The third-order valence-corrected chi connectivity index (χ3v) is 2.67. The van der Waals surface area contributed by atoms with Crippen molar-refractivity contribution in [2.24, 2.45) is 5.92 Å². The Labute approximate surface area is 104 Å². The van der Waals surface area contributed by atoms with Gasteiger partial charge in [-0.1, -0.05) is 13.8 Å². The maximum Gasteiger partial charge on any atom is 0.162 e. The van der Waals surface area contributed by atoms with E-state index in [9.17, 15) is 0 Å². The van der Waals surface area contributed by atoms with Crippen molar-refractivity contribution in [3.8, 4) is 11.5 Å². The van der Waals surface area contributed by atoms with Gasteiger partial charge in [0.2, 0.25) is 0 Å². The molecule has 0 saturated heterocycles. The minimum absolute atomic E-state index is 0.764. The third kappa shape index (κ3) is 4.55. The fourth-order valence-corrected chi connectivity index (χ4v) is 1.69. The van der Waals surface area contributed by atoms with E-state index >= 15 is 0 Å². The van der Waals surface area contributed by atoms with Gasteiger partial charge in [-0.2, -0.15) is 0 Å². The van der Waals surface area contributed by atoms with Crippen molar-refractivity contribution in [3.63, 3.8) is 0 Å². The van der Waals surface area contributed by atoms with E-state index in [1.807, 2.05) is 18.2 Å². The summed E-state index contributed by atoms with van der Waals surface area (Å²) in [5.74, 6) is 2.30. The van der Waals surface area contributed by atoms with Gasteiger partial charge in [0, 0.05) is 18.3 Å². The van der Waals surface area contributed by atoms with Gasteiger partial charge in [0.05, 0.1) is 14.2 Å². The molecule has 1 rings (SSSR count). The topological polar surface area (TPSA) is 30.5 Å². The van der Waals surface area contributed by atoms with E-state index in [2.05, 4.69) is 19.2 Å². The molecule has 0 spiro atoms. The number of nitrogens with one attached hydrogen (secondary N) is 1. The summed E-state index contributed by atoms with van der Waals surface area (Å²) in [6.07, 6.45) is 2.44. The molecule has 0 atom stereocenters. The van der Waals surface area contributed by atoms with E-state index in [0.717, 1.165) is 29.6 Å².